The molecule has 19 heavy (non-hydrogen) atoms. The van der Waals surface area contributed by atoms with Crippen molar-refractivity contribution in [1.82, 2.24) is 4.98 Å². The van der Waals surface area contributed by atoms with E-state index in [1.807, 2.05) is 0 Å². The van der Waals surface area contributed by atoms with E-state index in [2.05, 4.69) is 20.9 Å². The Morgan fingerprint density at radius 1 is 1.37 bits per heavy atom. The van der Waals surface area contributed by atoms with Crippen molar-refractivity contribution in [2.75, 3.05) is 0 Å². The van der Waals surface area contributed by atoms with Crippen molar-refractivity contribution in [2.24, 2.45) is 0 Å². The Labute approximate surface area is 118 Å². The van der Waals surface area contributed by atoms with Crippen LogP contribution in [0.15, 0.2) is 22.7 Å². The zero-order valence-corrected chi connectivity index (χ0v) is 11.3. The van der Waals surface area contributed by atoms with Gasteiger partial charge in [0.1, 0.15) is 5.56 Å². The summed E-state index contributed by atoms with van der Waals surface area (Å²) < 4.78 is 39.0. The van der Waals surface area contributed by atoms with Gasteiger partial charge in [0.05, 0.1) is 10.5 Å². The topological polar surface area (TPSA) is 50.2 Å². The number of hydrogen-bond donors (Lipinski definition) is 1. The highest BCUT2D eigenvalue weighted by Crippen LogP contribution is 2.37. The van der Waals surface area contributed by atoms with E-state index in [9.17, 15) is 18.0 Å². The second-order valence-corrected chi connectivity index (χ2v) is 4.91. The number of aromatic carboxylic acids is 1. The van der Waals surface area contributed by atoms with Gasteiger partial charge in [0, 0.05) is 9.86 Å². The minimum absolute atomic E-state index is 0.0227. The maximum absolute atomic E-state index is 12.8. The number of nitrogens with zero attached hydrogens (tertiary/aromatic N) is 1. The van der Waals surface area contributed by atoms with Crippen molar-refractivity contribution in [3.8, 4) is 0 Å². The zero-order valence-electron chi connectivity index (χ0n) is 8.92. The molecule has 0 spiro atoms. The van der Waals surface area contributed by atoms with Crippen LogP contribution in [0.25, 0.3) is 10.9 Å². The fourth-order valence-electron chi connectivity index (χ4n) is 1.60. The molecular weight excluding hydrogens is 350 g/mol. The number of halogens is 5. The summed E-state index contributed by atoms with van der Waals surface area (Å²) in [7, 11) is 0. The van der Waals surface area contributed by atoms with E-state index in [0.717, 1.165) is 0 Å². The van der Waals surface area contributed by atoms with Crippen molar-refractivity contribution in [3.05, 3.63) is 39.0 Å². The molecule has 1 heterocycles. The predicted octanol–water partition coefficient (Wildman–Crippen LogP) is 4.37. The largest absolute Gasteiger partial charge is 0.478 e. The molecule has 0 aliphatic rings. The van der Waals surface area contributed by atoms with E-state index in [1.165, 1.54) is 18.2 Å². The van der Waals surface area contributed by atoms with E-state index in [-0.39, 0.29) is 10.9 Å². The third-order valence-electron chi connectivity index (χ3n) is 2.37. The summed E-state index contributed by atoms with van der Waals surface area (Å²) in [5, 5.41) is 8.56. The number of alkyl halides is 3. The number of pyridine rings is 1. The second kappa shape index (κ2) is 4.64. The van der Waals surface area contributed by atoms with Gasteiger partial charge in [0.25, 0.3) is 0 Å². The van der Waals surface area contributed by atoms with Crippen molar-refractivity contribution < 1.29 is 23.1 Å². The highest BCUT2D eigenvalue weighted by molar-refractivity contribution is 9.10. The number of aromatic nitrogens is 1. The van der Waals surface area contributed by atoms with Crippen LogP contribution in [-0.2, 0) is 6.18 Å². The summed E-state index contributed by atoms with van der Waals surface area (Å²) in [5.41, 5.74) is -2.56. The van der Waals surface area contributed by atoms with Gasteiger partial charge in [-0.05, 0) is 18.2 Å². The van der Waals surface area contributed by atoms with Gasteiger partial charge in [-0.2, -0.15) is 13.2 Å². The SMILES string of the molecule is O=C(O)c1c(C(F)(F)F)nc2ccc(Br)cc2c1Cl. The number of benzene rings is 1. The third kappa shape index (κ3) is 2.52. The highest BCUT2D eigenvalue weighted by Gasteiger charge is 2.39. The maximum Gasteiger partial charge on any atom is 0.434 e. The molecule has 3 nitrogen and oxygen atoms in total. The zero-order chi connectivity index (χ0) is 14.4. The third-order valence-corrected chi connectivity index (χ3v) is 3.25. The number of carboxylic acids is 1. The number of carboxylic acid groups (broad SMARTS) is 1. The lowest BCUT2D eigenvalue weighted by Crippen LogP contribution is -2.16. The number of fused-ring (bicyclic) bond motifs is 1. The van der Waals surface area contributed by atoms with Crippen molar-refractivity contribution in [2.45, 2.75) is 6.18 Å². The molecule has 0 atom stereocenters. The van der Waals surface area contributed by atoms with Gasteiger partial charge in [0.2, 0.25) is 0 Å². The summed E-state index contributed by atoms with van der Waals surface area (Å²) in [5.74, 6) is -1.77. The van der Waals surface area contributed by atoms with Crippen molar-refractivity contribution in [1.29, 1.82) is 0 Å². The molecule has 0 saturated carbocycles. The number of hydrogen-bond acceptors (Lipinski definition) is 2. The molecule has 0 saturated heterocycles. The fraction of sp³-hybridized carbons (Fsp3) is 0.0909. The Morgan fingerprint density at radius 3 is 2.53 bits per heavy atom. The van der Waals surface area contributed by atoms with Crippen LogP contribution in [-0.4, -0.2) is 16.1 Å². The molecule has 0 amide bonds. The molecule has 100 valence electrons. The first-order valence-electron chi connectivity index (χ1n) is 4.81. The fourth-order valence-corrected chi connectivity index (χ4v) is 2.28. The molecule has 2 rings (SSSR count). The lowest BCUT2D eigenvalue weighted by Gasteiger charge is -2.12. The van der Waals surface area contributed by atoms with E-state index >= 15 is 0 Å². The summed E-state index contributed by atoms with van der Waals surface area (Å²) in [6, 6.07) is 4.23. The molecule has 1 N–H and O–H groups in total. The summed E-state index contributed by atoms with van der Waals surface area (Å²) >= 11 is 8.91. The lowest BCUT2D eigenvalue weighted by molar-refractivity contribution is -0.141. The number of rotatable bonds is 1. The van der Waals surface area contributed by atoms with Crippen LogP contribution in [0.2, 0.25) is 5.02 Å². The van der Waals surface area contributed by atoms with Gasteiger partial charge < -0.3 is 5.11 Å². The molecule has 0 aliphatic carbocycles. The van der Waals surface area contributed by atoms with Gasteiger partial charge in [0.15, 0.2) is 5.69 Å². The van der Waals surface area contributed by atoms with Crippen LogP contribution in [0.3, 0.4) is 0 Å². The van der Waals surface area contributed by atoms with Crippen LogP contribution in [0, 0.1) is 0 Å². The first kappa shape index (κ1) is 14.1. The smallest absolute Gasteiger partial charge is 0.434 e. The lowest BCUT2D eigenvalue weighted by atomic mass is 10.1. The minimum Gasteiger partial charge on any atom is -0.478 e. The van der Waals surface area contributed by atoms with E-state index < -0.39 is 28.4 Å². The van der Waals surface area contributed by atoms with Crippen LogP contribution >= 0.6 is 27.5 Å². The molecule has 2 aromatic rings. The molecule has 8 heteroatoms. The van der Waals surface area contributed by atoms with Gasteiger partial charge in [-0.3, -0.25) is 0 Å². The van der Waals surface area contributed by atoms with Crippen LogP contribution < -0.4 is 0 Å². The standard InChI is InChI=1S/C11H4BrClF3NO2/c12-4-1-2-6-5(3-4)8(13)7(10(18)19)9(17-6)11(14,15)16/h1-3H,(H,18,19). The van der Waals surface area contributed by atoms with Crippen molar-refractivity contribution >= 4 is 44.4 Å². The average Bonchev–Trinajstić information content (AvgIpc) is 2.27. The Balaban J connectivity index is 2.94. The normalized spacial score (nSPS) is 11.8. The first-order valence-corrected chi connectivity index (χ1v) is 5.98. The van der Waals surface area contributed by atoms with Gasteiger partial charge >= 0.3 is 12.1 Å². The minimum atomic E-state index is -4.89. The molecular formula is C11H4BrClF3NO2. The summed E-state index contributed by atoms with van der Waals surface area (Å²) in [6.45, 7) is 0. The van der Waals surface area contributed by atoms with Crippen LogP contribution in [0.4, 0.5) is 13.2 Å². The molecule has 0 bridgehead atoms. The van der Waals surface area contributed by atoms with Gasteiger partial charge in [-0.15, -0.1) is 0 Å². The van der Waals surface area contributed by atoms with E-state index in [4.69, 9.17) is 16.7 Å². The first-order chi connectivity index (χ1) is 8.71. The maximum atomic E-state index is 12.8. The summed E-state index contributed by atoms with van der Waals surface area (Å²) in [6.07, 6.45) is -4.89. The second-order valence-electron chi connectivity index (χ2n) is 3.61. The average molecular weight is 355 g/mol. The Morgan fingerprint density at radius 2 is 2.00 bits per heavy atom. The van der Waals surface area contributed by atoms with E-state index in [1.54, 1.807) is 0 Å². The quantitative estimate of drug-likeness (QED) is 0.827. The molecule has 1 aromatic heterocycles. The van der Waals surface area contributed by atoms with E-state index in [0.29, 0.717) is 4.47 Å². The Kier molecular flexibility index (Phi) is 3.44. The van der Waals surface area contributed by atoms with Crippen molar-refractivity contribution in [3.63, 3.8) is 0 Å². The Hall–Kier alpha value is -1.34. The molecule has 0 fully saturated rings. The highest BCUT2D eigenvalue weighted by atomic mass is 79.9. The molecule has 1 aromatic carbocycles. The molecule has 0 aliphatic heterocycles. The number of carbonyl (C=O) groups is 1. The van der Waals surface area contributed by atoms with Gasteiger partial charge in [-0.1, -0.05) is 27.5 Å². The Bertz CT molecular complexity index is 688. The van der Waals surface area contributed by atoms with Gasteiger partial charge in [-0.25, -0.2) is 9.78 Å². The summed E-state index contributed by atoms with van der Waals surface area (Å²) in [4.78, 5) is 14.3. The monoisotopic (exact) mass is 353 g/mol. The van der Waals surface area contributed by atoms with Crippen LogP contribution in [0.1, 0.15) is 16.1 Å². The predicted molar refractivity (Wildman–Crippen MR) is 66.4 cm³/mol. The molecule has 0 unspecified atom stereocenters. The van der Waals surface area contributed by atoms with Crippen LogP contribution in [0.5, 0.6) is 0 Å². The molecule has 0 radical (unpaired) electrons.